The van der Waals surface area contributed by atoms with Gasteiger partial charge in [0.2, 0.25) is 0 Å². The number of nitrogens with zero attached hydrogens (tertiary/aromatic N) is 2. The molecule has 1 aromatic heterocycles. The summed E-state index contributed by atoms with van der Waals surface area (Å²) in [5, 5.41) is 8.65. The van der Waals surface area contributed by atoms with Crippen LogP contribution >= 0.6 is 12.6 Å². The van der Waals surface area contributed by atoms with E-state index in [1.54, 1.807) is 12.4 Å². The number of pyridine rings is 1. The van der Waals surface area contributed by atoms with E-state index >= 15 is 0 Å². The molecule has 0 spiro atoms. The van der Waals surface area contributed by atoms with Crippen LogP contribution in [0.25, 0.3) is 0 Å². The Bertz CT molecular complexity index is 253. The van der Waals surface area contributed by atoms with Crippen LogP contribution in [0, 0.1) is 11.3 Å². The molecule has 0 aromatic carbocycles. The Hall–Kier alpha value is -1.01. The Morgan fingerprint density at radius 3 is 3.00 bits per heavy atom. The zero-order chi connectivity index (χ0) is 8.10. The third-order valence-electron chi connectivity index (χ3n) is 1.43. The topological polar surface area (TPSA) is 36.7 Å². The van der Waals surface area contributed by atoms with Crippen LogP contribution < -0.4 is 0 Å². The van der Waals surface area contributed by atoms with Crippen LogP contribution in [0.3, 0.4) is 0 Å². The molecule has 11 heavy (non-hydrogen) atoms. The number of aromatic nitrogens is 1. The molecule has 3 heteroatoms. The summed E-state index contributed by atoms with van der Waals surface area (Å²) in [5.41, 5.74) is 0.935. The number of hydrogen-bond acceptors (Lipinski definition) is 3. The third-order valence-corrected chi connectivity index (χ3v) is 1.79. The molecule has 0 N–H and O–H groups in total. The van der Waals surface area contributed by atoms with Crippen molar-refractivity contribution < 1.29 is 0 Å². The van der Waals surface area contributed by atoms with Crippen LogP contribution in [-0.2, 0) is 0 Å². The molecule has 2 nitrogen and oxygen atoms in total. The second-order valence-corrected chi connectivity index (χ2v) is 2.52. The Balaban J connectivity index is 2.85. The molecule has 0 aliphatic carbocycles. The average molecular weight is 164 g/mol. The van der Waals surface area contributed by atoms with Crippen molar-refractivity contribution in [1.29, 1.82) is 5.26 Å². The van der Waals surface area contributed by atoms with Crippen LogP contribution in [-0.4, -0.2) is 10.7 Å². The molecule has 0 aliphatic heterocycles. The summed E-state index contributed by atoms with van der Waals surface area (Å²) in [6.45, 7) is 0. The highest BCUT2D eigenvalue weighted by molar-refractivity contribution is 7.80. The van der Waals surface area contributed by atoms with Gasteiger partial charge in [-0.1, -0.05) is 6.07 Å². The smallest absolute Gasteiger partial charge is 0.0815 e. The van der Waals surface area contributed by atoms with Gasteiger partial charge in [-0.25, -0.2) is 0 Å². The van der Waals surface area contributed by atoms with Crippen molar-refractivity contribution in [3.63, 3.8) is 0 Å². The van der Waals surface area contributed by atoms with Crippen LogP contribution in [0.15, 0.2) is 24.5 Å². The molecule has 0 amide bonds. The lowest BCUT2D eigenvalue weighted by Gasteiger charge is -2.02. The van der Waals surface area contributed by atoms with Crippen molar-refractivity contribution in [3.05, 3.63) is 30.1 Å². The van der Waals surface area contributed by atoms with Gasteiger partial charge < -0.3 is 0 Å². The molecular weight excluding hydrogens is 156 g/mol. The molecule has 0 fully saturated rings. The first-order valence-corrected chi connectivity index (χ1v) is 3.92. The summed E-state index contributed by atoms with van der Waals surface area (Å²) < 4.78 is 0. The van der Waals surface area contributed by atoms with Gasteiger partial charge in [0, 0.05) is 18.1 Å². The van der Waals surface area contributed by atoms with Crippen LogP contribution in [0.1, 0.15) is 11.5 Å². The SMILES string of the molecule is N#CC(CS)c1cccnc1. The van der Waals surface area contributed by atoms with E-state index in [1.165, 1.54) is 0 Å². The van der Waals surface area contributed by atoms with E-state index in [4.69, 9.17) is 5.26 Å². The fourth-order valence-corrected chi connectivity index (χ4v) is 1.10. The molecule has 0 saturated carbocycles. The Labute approximate surface area is 71.3 Å². The molecule has 0 saturated heterocycles. The average Bonchev–Trinajstić information content (AvgIpc) is 2.09. The van der Waals surface area contributed by atoms with E-state index < -0.39 is 0 Å². The minimum atomic E-state index is -0.132. The molecule has 0 radical (unpaired) electrons. The van der Waals surface area contributed by atoms with Gasteiger partial charge in [0.05, 0.1) is 12.0 Å². The van der Waals surface area contributed by atoms with E-state index in [0.717, 1.165) is 5.56 Å². The summed E-state index contributed by atoms with van der Waals surface area (Å²) in [6.07, 6.45) is 3.39. The van der Waals surface area contributed by atoms with Gasteiger partial charge in [0.1, 0.15) is 0 Å². The predicted molar refractivity (Wildman–Crippen MR) is 46.4 cm³/mol. The van der Waals surface area contributed by atoms with Crippen molar-refractivity contribution in [2.24, 2.45) is 0 Å². The summed E-state index contributed by atoms with van der Waals surface area (Å²) in [6, 6.07) is 5.86. The lowest BCUT2D eigenvalue weighted by atomic mass is 10.1. The maximum absolute atomic E-state index is 8.65. The molecule has 1 atom stereocenters. The Morgan fingerprint density at radius 2 is 2.55 bits per heavy atom. The molecule has 56 valence electrons. The van der Waals surface area contributed by atoms with Crippen molar-refractivity contribution in [3.8, 4) is 6.07 Å². The highest BCUT2D eigenvalue weighted by Crippen LogP contribution is 2.13. The van der Waals surface area contributed by atoms with Gasteiger partial charge in [-0.15, -0.1) is 0 Å². The van der Waals surface area contributed by atoms with Gasteiger partial charge in [-0.2, -0.15) is 17.9 Å². The fourth-order valence-electron chi connectivity index (χ4n) is 0.803. The van der Waals surface area contributed by atoms with Gasteiger partial charge >= 0.3 is 0 Å². The second kappa shape index (κ2) is 3.99. The van der Waals surface area contributed by atoms with Gasteiger partial charge in [0.15, 0.2) is 0 Å². The zero-order valence-corrected chi connectivity index (χ0v) is 6.83. The predicted octanol–water partition coefficient (Wildman–Crippen LogP) is 1.62. The maximum atomic E-state index is 8.65. The summed E-state index contributed by atoms with van der Waals surface area (Å²) >= 11 is 4.06. The number of hydrogen-bond donors (Lipinski definition) is 1. The van der Waals surface area contributed by atoms with Crippen molar-refractivity contribution in [2.75, 3.05) is 5.75 Å². The maximum Gasteiger partial charge on any atom is 0.0815 e. The largest absolute Gasteiger partial charge is 0.264 e. The second-order valence-electron chi connectivity index (χ2n) is 2.15. The zero-order valence-electron chi connectivity index (χ0n) is 5.94. The molecule has 1 unspecified atom stereocenters. The van der Waals surface area contributed by atoms with Gasteiger partial charge in [-0.05, 0) is 11.6 Å². The number of nitriles is 1. The van der Waals surface area contributed by atoms with E-state index in [9.17, 15) is 0 Å². The van der Waals surface area contributed by atoms with E-state index in [2.05, 4.69) is 23.7 Å². The quantitative estimate of drug-likeness (QED) is 0.674. The van der Waals surface area contributed by atoms with Crippen LogP contribution in [0.5, 0.6) is 0 Å². The lowest BCUT2D eigenvalue weighted by molar-refractivity contribution is 0.984. The van der Waals surface area contributed by atoms with E-state index in [1.807, 2.05) is 12.1 Å². The summed E-state index contributed by atoms with van der Waals surface area (Å²) in [4.78, 5) is 3.92. The van der Waals surface area contributed by atoms with E-state index in [-0.39, 0.29) is 5.92 Å². The lowest BCUT2D eigenvalue weighted by Crippen LogP contribution is -1.96. The van der Waals surface area contributed by atoms with Crippen LogP contribution in [0.2, 0.25) is 0 Å². The summed E-state index contributed by atoms with van der Waals surface area (Å²) in [7, 11) is 0. The first kappa shape index (κ1) is 8.09. The highest BCUT2D eigenvalue weighted by atomic mass is 32.1. The van der Waals surface area contributed by atoms with Gasteiger partial charge in [-0.3, -0.25) is 4.98 Å². The minimum Gasteiger partial charge on any atom is -0.264 e. The molecule has 1 heterocycles. The summed E-state index contributed by atoms with van der Waals surface area (Å²) in [5.74, 6) is 0.411. The number of rotatable bonds is 2. The Kier molecular flexibility index (Phi) is 2.94. The van der Waals surface area contributed by atoms with Crippen molar-refractivity contribution in [1.82, 2.24) is 4.98 Å². The normalized spacial score (nSPS) is 12.0. The molecule has 0 aliphatic rings. The van der Waals surface area contributed by atoms with E-state index in [0.29, 0.717) is 5.75 Å². The monoisotopic (exact) mass is 164 g/mol. The minimum absolute atomic E-state index is 0.132. The third kappa shape index (κ3) is 1.95. The standard InChI is InChI=1S/C8H8N2S/c9-4-8(6-11)7-2-1-3-10-5-7/h1-3,5,8,11H,6H2. The van der Waals surface area contributed by atoms with Crippen molar-refractivity contribution >= 4 is 12.6 Å². The van der Waals surface area contributed by atoms with Crippen LogP contribution in [0.4, 0.5) is 0 Å². The molecule has 1 rings (SSSR count). The van der Waals surface area contributed by atoms with Crippen molar-refractivity contribution in [2.45, 2.75) is 5.92 Å². The number of thiol groups is 1. The Morgan fingerprint density at radius 1 is 1.73 bits per heavy atom. The molecular formula is C8H8N2S. The molecule has 1 aromatic rings. The fraction of sp³-hybridized carbons (Fsp3) is 0.250. The first-order valence-electron chi connectivity index (χ1n) is 3.29. The molecule has 0 bridgehead atoms. The van der Waals surface area contributed by atoms with Gasteiger partial charge in [0.25, 0.3) is 0 Å². The first-order chi connectivity index (χ1) is 5.38. The highest BCUT2D eigenvalue weighted by Gasteiger charge is 2.06.